The molecular weight excluding hydrogens is 416 g/mol. The second-order valence-corrected chi connectivity index (χ2v) is 6.26. The Bertz CT molecular complexity index is 1200. The largest absolute Gasteiger partial charge is 0.450 e. The Morgan fingerprint density at radius 1 is 1.06 bits per heavy atom. The molecule has 0 aromatic heterocycles. The fourth-order valence-electron chi connectivity index (χ4n) is 2.70. The number of nitro benzene ring substituents is 1. The second kappa shape index (κ2) is 8.67. The van der Waals surface area contributed by atoms with Crippen LogP contribution in [0.3, 0.4) is 0 Å². The van der Waals surface area contributed by atoms with Crippen LogP contribution in [-0.4, -0.2) is 4.92 Å². The average molecular weight is 428 g/mol. The summed E-state index contributed by atoms with van der Waals surface area (Å²) >= 11 is 0. The zero-order chi connectivity index (χ0) is 22.6. The van der Waals surface area contributed by atoms with Gasteiger partial charge in [0.05, 0.1) is 22.1 Å². The third kappa shape index (κ3) is 5.05. The number of hydrogen-bond donors (Lipinski definition) is 0. The fraction of sp³-hybridized carbons (Fsp3) is 0.0455. The molecule has 0 amide bonds. The number of ether oxygens (including phenoxy) is 1. The summed E-state index contributed by atoms with van der Waals surface area (Å²) in [7, 11) is 0. The summed E-state index contributed by atoms with van der Waals surface area (Å²) in [6, 6.07) is 15.6. The van der Waals surface area contributed by atoms with Gasteiger partial charge in [0, 0.05) is 11.6 Å². The molecule has 0 spiro atoms. The van der Waals surface area contributed by atoms with E-state index in [2.05, 4.69) is 0 Å². The topological polar surface area (TPSA) is 76.2 Å². The van der Waals surface area contributed by atoms with Gasteiger partial charge in [-0.2, -0.15) is 18.4 Å². The van der Waals surface area contributed by atoms with Crippen LogP contribution < -0.4 is 4.74 Å². The van der Waals surface area contributed by atoms with Crippen LogP contribution in [0.15, 0.2) is 66.7 Å². The summed E-state index contributed by atoms with van der Waals surface area (Å²) in [5.41, 5.74) is -1.25. The highest BCUT2D eigenvalue weighted by Gasteiger charge is 2.33. The number of nitrogens with zero attached hydrogens (tertiary/aromatic N) is 2. The number of benzene rings is 3. The lowest BCUT2D eigenvalue weighted by Gasteiger charge is -2.10. The standard InChI is InChI=1S/C22H12F4N2O3/c23-19-4-2-1-3-18(19)15(13-27)11-14-5-8-17(9-6-14)31-21-10-7-16(22(24,25)26)12-20(21)28(29)30/h1-12H. The van der Waals surface area contributed by atoms with E-state index in [9.17, 15) is 32.9 Å². The lowest BCUT2D eigenvalue weighted by Crippen LogP contribution is -2.06. The predicted molar refractivity (Wildman–Crippen MR) is 104 cm³/mol. The number of hydrogen-bond acceptors (Lipinski definition) is 4. The highest BCUT2D eigenvalue weighted by molar-refractivity contribution is 5.89. The number of rotatable bonds is 5. The maximum absolute atomic E-state index is 13.9. The lowest BCUT2D eigenvalue weighted by molar-refractivity contribution is -0.385. The van der Waals surface area contributed by atoms with Crippen molar-refractivity contribution in [2.75, 3.05) is 0 Å². The van der Waals surface area contributed by atoms with Gasteiger partial charge >= 0.3 is 11.9 Å². The summed E-state index contributed by atoms with van der Waals surface area (Å²) in [4.78, 5) is 10.2. The Kier molecular flexibility index (Phi) is 6.02. The van der Waals surface area contributed by atoms with E-state index in [1.165, 1.54) is 48.5 Å². The highest BCUT2D eigenvalue weighted by Crippen LogP contribution is 2.38. The molecule has 0 fully saturated rings. The van der Waals surface area contributed by atoms with Crippen LogP contribution >= 0.6 is 0 Å². The van der Waals surface area contributed by atoms with E-state index in [-0.39, 0.29) is 22.6 Å². The molecule has 0 bridgehead atoms. The molecule has 0 N–H and O–H groups in total. The van der Waals surface area contributed by atoms with Gasteiger partial charge in [-0.15, -0.1) is 0 Å². The van der Waals surface area contributed by atoms with Gasteiger partial charge < -0.3 is 4.74 Å². The van der Waals surface area contributed by atoms with E-state index in [4.69, 9.17) is 4.74 Å². The molecule has 156 valence electrons. The van der Waals surface area contributed by atoms with Crippen molar-refractivity contribution >= 4 is 17.3 Å². The summed E-state index contributed by atoms with van der Waals surface area (Å²) in [5, 5.41) is 20.5. The van der Waals surface area contributed by atoms with E-state index in [1.807, 2.05) is 6.07 Å². The van der Waals surface area contributed by atoms with Crippen molar-refractivity contribution in [1.82, 2.24) is 0 Å². The molecule has 3 rings (SSSR count). The van der Waals surface area contributed by atoms with Crippen LogP contribution in [0.1, 0.15) is 16.7 Å². The van der Waals surface area contributed by atoms with Crippen molar-refractivity contribution in [3.63, 3.8) is 0 Å². The predicted octanol–water partition coefficient (Wildman–Crippen LogP) is 6.61. The van der Waals surface area contributed by atoms with Crippen LogP contribution in [0.2, 0.25) is 0 Å². The van der Waals surface area contributed by atoms with Crippen molar-refractivity contribution in [1.29, 1.82) is 5.26 Å². The molecule has 0 aliphatic heterocycles. The Hall–Kier alpha value is -4.19. The van der Waals surface area contributed by atoms with Crippen LogP contribution in [-0.2, 0) is 6.18 Å². The van der Waals surface area contributed by atoms with Gasteiger partial charge in [-0.05, 0) is 42.0 Å². The van der Waals surface area contributed by atoms with Crippen LogP contribution in [0.4, 0.5) is 23.2 Å². The van der Waals surface area contributed by atoms with Crippen molar-refractivity contribution in [2.45, 2.75) is 6.18 Å². The third-order valence-corrected chi connectivity index (χ3v) is 4.19. The van der Waals surface area contributed by atoms with Crippen LogP contribution in [0, 0.1) is 27.3 Å². The van der Waals surface area contributed by atoms with Gasteiger partial charge in [0.2, 0.25) is 5.75 Å². The van der Waals surface area contributed by atoms with E-state index in [0.29, 0.717) is 17.7 Å². The van der Waals surface area contributed by atoms with Crippen molar-refractivity contribution in [3.8, 4) is 17.6 Å². The molecule has 0 aliphatic carbocycles. The molecule has 0 saturated heterocycles. The summed E-state index contributed by atoms with van der Waals surface area (Å²) in [5.74, 6) is -0.778. The number of nitro groups is 1. The number of halogens is 4. The first-order valence-electron chi connectivity index (χ1n) is 8.69. The molecule has 5 nitrogen and oxygen atoms in total. The number of allylic oxidation sites excluding steroid dienone is 1. The van der Waals surface area contributed by atoms with E-state index < -0.39 is 28.2 Å². The van der Waals surface area contributed by atoms with Gasteiger partial charge in [-0.3, -0.25) is 10.1 Å². The molecular formula is C22H12F4N2O3. The number of nitriles is 1. The minimum absolute atomic E-state index is 0.0881. The fourth-order valence-corrected chi connectivity index (χ4v) is 2.70. The maximum Gasteiger partial charge on any atom is 0.416 e. The highest BCUT2D eigenvalue weighted by atomic mass is 19.4. The van der Waals surface area contributed by atoms with Gasteiger partial charge in [0.1, 0.15) is 11.6 Å². The van der Waals surface area contributed by atoms with Gasteiger partial charge in [0.15, 0.2) is 0 Å². The molecule has 0 radical (unpaired) electrons. The second-order valence-electron chi connectivity index (χ2n) is 6.26. The van der Waals surface area contributed by atoms with Crippen molar-refractivity contribution in [3.05, 3.63) is 99.4 Å². The molecule has 0 atom stereocenters. The first-order valence-corrected chi connectivity index (χ1v) is 8.69. The quantitative estimate of drug-likeness (QED) is 0.151. The van der Waals surface area contributed by atoms with E-state index in [0.717, 1.165) is 6.07 Å². The minimum Gasteiger partial charge on any atom is -0.450 e. The lowest BCUT2D eigenvalue weighted by atomic mass is 10.0. The molecule has 0 unspecified atom stereocenters. The van der Waals surface area contributed by atoms with Gasteiger partial charge in [0.25, 0.3) is 0 Å². The molecule has 31 heavy (non-hydrogen) atoms. The van der Waals surface area contributed by atoms with Gasteiger partial charge in [-0.25, -0.2) is 4.39 Å². The summed E-state index contributed by atoms with van der Waals surface area (Å²) < 4.78 is 57.7. The Balaban J connectivity index is 1.87. The molecule has 0 heterocycles. The summed E-state index contributed by atoms with van der Waals surface area (Å²) in [6.45, 7) is 0. The normalized spacial score (nSPS) is 11.6. The van der Waals surface area contributed by atoms with Gasteiger partial charge in [-0.1, -0.05) is 30.3 Å². The zero-order valence-corrected chi connectivity index (χ0v) is 15.6. The Morgan fingerprint density at radius 3 is 2.32 bits per heavy atom. The number of alkyl halides is 3. The molecule has 0 saturated carbocycles. The zero-order valence-electron chi connectivity index (χ0n) is 15.6. The molecule has 9 heteroatoms. The van der Waals surface area contributed by atoms with E-state index >= 15 is 0 Å². The molecule has 0 aliphatic rings. The maximum atomic E-state index is 13.9. The summed E-state index contributed by atoms with van der Waals surface area (Å²) in [6.07, 6.45) is -3.28. The van der Waals surface area contributed by atoms with Crippen molar-refractivity contribution < 1.29 is 27.2 Å². The first kappa shape index (κ1) is 21.5. The smallest absolute Gasteiger partial charge is 0.416 e. The average Bonchev–Trinajstić information content (AvgIpc) is 2.73. The third-order valence-electron chi connectivity index (χ3n) is 4.19. The first-order chi connectivity index (χ1) is 14.7. The van der Waals surface area contributed by atoms with Crippen LogP contribution in [0.5, 0.6) is 11.5 Å². The Labute approximate surface area is 173 Å². The van der Waals surface area contributed by atoms with Crippen LogP contribution in [0.25, 0.3) is 11.6 Å². The molecule has 3 aromatic carbocycles. The minimum atomic E-state index is -4.73. The molecule has 3 aromatic rings. The monoisotopic (exact) mass is 428 g/mol. The Morgan fingerprint density at radius 2 is 1.74 bits per heavy atom. The SMILES string of the molecule is N#CC(=Cc1ccc(Oc2ccc(C(F)(F)F)cc2[N+](=O)[O-])cc1)c1ccccc1F. The van der Waals surface area contributed by atoms with E-state index in [1.54, 1.807) is 6.07 Å². The van der Waals surface area contributed by atoms with Crippen molar-refractivity contribution in [2.24, 2.45) is 0 Å².